The smallest absolute Gasteiger partial charge is 0.106 e. The number of H-pyrrole nitrogens is 1. The minimum absolute atomic E-state index is 0.398. The molecule has 1 aromatic heterocycles. The Morgan fingerprint density at radius 2 is 2.29 bits per heavy atom. The second-order valence-electron chi connectivity index (χ2n) is 4.01. The lowest BCUT2D eigenvalue weighted by atomic mass is 9.98. The molecule has 1 aromatic rings. The highest BCUT2D eigenvalue weighted by Crippen LogP contribution is 2.24. The number of nitrogens with one attached hydrogen (secondary N) is 2. The van der Waals surface area contributed by atoms with Crippen LogP contribution in [0.3, 0.4) is 0 Å². The van der Waals surface area contributed by atoms with E-state index in [1.807, 2.05) is 7.05 Å². The zero-order valence-electron chi connectivity index (χ0n) is 8.64. The van der Waals surface area contributed by atoms with Crippen LogP contribution in [0.1, 0.15) is 35.9 Å². The van der Waals surface area contributed by atoms with Gasteiger partial charge in [-0.05, 0) is 44.4 Å². The lowest BCUT2D eigenvalue weighted by Gasteiger charge is -2.09. The molecule has 2 rings (SSSR count). The number of aryl methyl sites for hydroxylation is 2. The summed E-state index contributed by atoms with van der Waals surface area (Å²) >= 11 is 0. The van der Waals surface area contributed by atoms with Crippen LogP contribution in [0, 0.1) is 0 Å². The number of aromatic nitrogens is 1. The Labute approximate surface area is 84.5 Å². The van der Waals surface area contributed by atoms with E-state index in [4.69, 9.17) is 0 Å². The maximum atomic E-state index is 9.78. The average Bonchev–Trinajstić information content (AvgIpc) is 2.61. The molecule has 78 valence electrons. The molecule has 0 spiro atoms. The molecule has 0 aliphatic heterocycles. The molecule has 0 aromatic carbocycles. The first-order chi connectivity index (χ1) is 6.81. The summed E-state index contributed by atoms with van der Waals surface area (Å²) in [5, 5.41) is 12.8. The molecule has 0 saturated carbocycles. The molecule has 1 aliphatic rings. The number of aliphatic hydroxyl groups excluding tert-OH is 1. The molecule has 0 saturated heterocycles. The summed E-state index contributed by atoms with van der Waals surface area (Å²) in [7, 11) is 1.85. The van der Waals surface area contributed by atoms with Crippen molar-refractivity contribution in [1.82, 2.24) is 10.3 Å². The first kappa shape index (κ1) is 9.74. The Balaban J connectivity index is 2.15. The summed E-state index contributed by atoms with van der Waals surface area (Å²) in [5.41, 5.74) is 3.70. The van der Waals surface area contributed by atoms with Crippen molar-refractivity contribution in [2.45, 2.75) is 31.8 Å². The fourth-order valence-electron chi connectivity index (χ4n) is 2.11. The third-order valence-electron chi connectivity index (χ3n) is 2.89. The average molecular weight is 194 g/mol. The van der Waals surface area contributed by atoms with Crippen molar-refractivity contribution in [3.63, 3.8) is 0 Å². The predicted octanol–water partition coefficient (Wildman–Crippen LogP) is 1.15. The second kappa shape index (κ2) is 4.15. The quantitative estimate of drug-likeness (QED) is 0.676. The van der Waals surface area contributed by atoms with E-state index in [0.29, 0.717) is 6.54 Å². The Morgan fingerprint density at radius 1 is 1.50 bits per heavy atom. The zero-order valence-corrected chi connectivity index (χ0v) is 8.64. The minimum Gasteiger partial charge on any atom is -0.386 e. The summed E-state index contributed by atoms with van der Waals surface area (Å²) in [4.78, 5) is 3.33. The molecule has 3 nitrogen and oxygen atoms in total. The minimum atomic E-state index is -0.398. The molecule has 0 bridgehead atoms. The van der Waals surface area contributed by atoms with Crippen LogP contribution in [-0.4, -0.2) is 23.7 Å². The molecule has 14 heavy (non-hydrogen) atoms. The van der Waals surface area contributed by atoms with Gasteiger partial charge >= 0.3 is 0 Å². The fourth-order valence-corrected chi connectivity index (χ4v) is 2.11. The van der Waals surface area contributed by atoms with E-state index in [0.717, 1.165) is 18.5 Å². The SMILES string of the molecule is CNCC(O)c1cc2c([nH]1)CCCC2. The molecule has 3 heteroatoms. The summed E-state index contributed by atoms with van der Waals surface area (Å²) in [6.07, 6.45) is 4.46. The third kappa shape index (κ3) is 1.83. The standard InChI is InChI=1S/C11H18N2O/c1-12-7-11(14)10-6-8-4-2-3-5-9(8)13-10/h6,11-14H,2-5,7H2,1H3. The van der Waals surface area contributed by atoms with E-state index < -0.39 is 6.10 Å². The molecule has 1 unspecified atom stereocenters. The molecule has 1 atom stereocenters. The molecule has 0 amide bonds. The fraction of sp³-hybridized carbons (Fsp3) is 0.636. The van der Waals surface area contributed by atoms with E-state index in [1.54, 1.807) is 0 Å². The van der Waals surface area contributed by atoms with Crippen molar-refractivity contribution < 1.29 is 5.11 Å². The number of aromatic amines is 1. The Kier molecular flexibility index (Phi) is 2.89. The maximum absolute atomic E-state index is 9.78. The van der Waals surface area contributed by atoms with Gasteiger partial charge in [0.2, 0.25) is 0 Å². The van der Waals surface area contributed by atoms with E-state index >= 15 is 0 Å². The second-order valence-corrected chi connectivity index (χ2v) is 4.01. The largest absolute Gasteiger partial charge is 0.386 e. The summed E-state index contributed by atoms with van der Waals surface area (Å²) in [6.45, 7) is 0.611. The first-order valence-electron chi connectivity index (χ1n) is 5.34. The molecule has 0 fully saturated rings. The highest BCUT2D eigenvalue weighted by atomic mass is 16.3. The van der Waals surface area contributed by atoms with Gasteiger partial charge in [-0.2, -0.15) is 0 Å². The van der Waals surface area contributed by atoms with E-state index in [9.17, 15) is 5.11 Å². The van der Waals surface area contributed by atoms with E-state index in [1.165, 1.54) is 24.1 Å². The van der Waals surface area contributed by atoms with Crippen LogP contribution in [0.2, 0.25) is 0 Å². The normalized spacial score (nSPS) is 17.9. The van der Waals surface area contributed by atoms with Gasteiger partial charge in [-0.25, -0.2) is 0 Å². The Hall–Kier alpha value is -0.800. The highest BCUT2D eigenvalue weighted by molar-refractivity contribution is 5.29. The van der Waals surface area contributed by atoms with Crippen LogP contribution < -0.4 is 5.32 Å². The molecule has 1 aliphatic carbocycles. The number of hydrogen-bond acceptors (Lipinski definition) is 2. The van der Waals surface area contributed by atoms with Crippen molar-refractivity contribution in [3.05, 3.63) is 23.0 Å². The van der Waals surface area contributed by atoms with Crippen LogP contribution in [-0.2, 0) is 12.8 Å². The van der Waals surface area contributed by atoms with Gasteiger partial charge in [-0.1, -0.05) is 0 Å². The topological polar surface area (TPSA) is 48.0 Å². The van der Waals surface area contributed by atoms with Crippen LogP contribution in [0.4, 0.5) is 0 Å². The van der Waals surface area contributed by atoms with Crippen molar-refractivity contribution in [1.29, 1.82) is 0 Å². The maximum Gasteiger partial charge on any atom is 0.106 e. The summed E-state index contributed by atoms with van der Waals surface area (Å²) in [5.74, 6) is 0. The monoisotopic (exact) mass is 194 g/mol. The highest BCUT2D eigenvalue weighted by Gasteiger charge is 2.15. The number of hydrogen-bond donors (Lipinski definition) is 3. The van der Waals surface area contributed by atoms with Gasteiger partial charge in [0.05, 0.1) is 0 Å². The lowest BCUT2D eigenvalue weighted by molar-refractivity contribution is 0.173. The Bertz CT molecular complexity index is 283. The van der Waals surface area contributed by atoms with Crippen LogP contribution in [0.5, 0.6) is 0 Å². The number of likely N-dealkylation sites (N-methyl/N-ethyl adjacent to an activating group) is 1. The van der Waals surface area contributed by atoms with Gasteiger partial charge in [0, 0.05) is 17.9 Å². The molecular weight excluding hydrogens is 176 g/mol. The summed E-state index contributed by atoms with van der Waals surface area (Å²) < 4.78 is 0. The van der Waals surface area contributed by atoms with Crippen molar-refractivity contribution >= 4 is 0 Å². The number of aliphatic hydroxyl groups is 1. The van der Waals surface area contributed by atoms with Gasteiger partial charge in [-0.15, -0.1) is 0 Å². The predicted molar refractivity (Wildman–Crippen MR) is 56.3 cm³/mol. The van der Waals surface area contributed by atoms with Crippen molar-refractivity contribution in [3.8, 4) is 0 Å². The van der Waals surface area contributed by atoms with Gasteiger partial charge in [-0.3, -0.25) is 0 Å². The number of fused-ring (bicyclic) bond motifs is 1. The molecule has 0 radical (unpaired) electrons. The first-order valence-corrected chi connectivity index (χ1v) is 5.34. The van der Waals surface area contributed by atoms with E-state index in [2.05, 4.69) is 16.4 Å². The zero-order chi connectivity index (χ0) is 9.97. The van der Waals surface area contributed by atoms with Gasteiger partial charge in [0.25, 0.3) is 0 Å². The molecular formula is C11H18N2O. The lowest BCUT2D eigenvalue weighted by Crippen LogP contribution is -2.16. The van der Waals surface area contributed by atoms with Gasteiger partial charge in [0.1, 0.15) is 6.10 Å². The molecule has 3 N–H and O–H groups in total. The summed E-state index contributed by atoms with van der Waals surface area (Å²) in [6, 6.07) is 2.12. The molecule has 1 heterocycles. The van der Waals surface area contributed by atoms with Crippen LogP contribution in [0.15, 0.2) is 6.07 Å². The van der Waals surface area contributed by atoms with Gasteiger partial charge in [0.15, 0.2) is 0 Å². The van der Waals surface area contributed by atoms with Gasteiger partial charge < -0.3 is 15.4 Å². The number of rotatable bonds is 3. The van der Waals surface area contributed by atoms with Crippen LogP contribution >= 0.6 is 0 Å². The Morgan fingerprint density at radius 3 is 3.00 bits per heavy atom. The van der Waals surface area contributed by atoms with Crippen molar-refractivity contribution in [2.24, 2.45) is 0 Å². The third-order valence-corrected chi connectivity index (χ3v) is 2.89. The van der Waals surface area contributed by atoms with E-state index in [-0.39, 0.29) is 0 Å². The van der Waals surface area contributed by atoms with Crippen molar-refractivity contribution in [2.75, 3.05) is 13.6 Å². The van der Waals surface area contributed by atoms with Crippen LogP contribution in [0.25, 0.3) is 0 Å².